The van der Waals surface area contributed by atoms with Crippen LogP contribution in [0.1, 0.15) is 45.5 Å². The van der Waals surface area contributed by atoms with Gasteiger partial charge < -0.3 is 14.5 Å². The van der Waals surface area contributed by atoms with Gasteiger partial charge in [-0.05, 0) is 55.4 Å². The molecule has 5 nitrogen and oxygen atoms in total. The molecule has 0 N–H and O–H groups in total. The molecule has 0 spiro atoms. The van der Waals surface area contributed by atoms with Crippen molar-refractivity contribution in [2.75, 3.05) is 33.3 Å². The third-order valence-electron chi connectivity index (χ3n) is 6.50. The monoisotopic (exact) mass is 406 g/mol. The molecule has 2 saturated heterocycles. The maximum atomic E-state index is 13.3. The number of ether oxygens (including phenoxy) is 1. The Morgan fingerprint density at radius 1 is 1.00 bits per heavy atom. The predicted octanol–water partition coefficient (Wildman–Crippen LogP) is 3.64. The molecule has 30 heavy (non-hydrogen) atoms. The summed E-state index contributed by atoms with van der Waals surface area (Å²) in [6, 6.07) is 17.8. The highest BCUT2D eigenvalue weighted by molar-refractivity contribution is 5.98. The molecule has 0 aliphatic carbocycles. The fraction of sp³-hybridized carbons (Fsp3) is 0.440. The number of rotatable bonds is 5. The van der Waals surface area contributed by atoms with Crippen molar-refractivity contribution in [1.82, 2.24) is 9.80 Å². The average Bonchev–Trinajstić information content (AvgIpc) is 2.82. The fourth-order valence-corrected chi connectivity index (χ4v) is 4.93. The number of fused-ring (bicyclic) bond motifs is 1. The number of hydrogen-bond acceptors (Lipinski definition) is 4. The molecule has 0 unspecified atom stereocenters. The molecule has 0 radical (unpaired) electrons. The minimum Gasteiger partial charge on any atom is -0.465 e. The van der Waals surface area contributed by atoms with Crippen LogP contribution >= 0.6 is 0 Å². The zero-order valence-corrected chi connectivity index (χ0v) is 17.6. The van der Waals surface area contributed by atoms with E-state index >= 15 is 0 Å². The Kier molecular flexibility index (Phi) is 6.48. The molecule has 1 amide bonds. The molecule has 2 heterocycles. The third-order valence-corrected chi connectivity index (χ3v) is 6.50. The molecular formula is C25H30N2O3. The normalized spacial score (nSPS) is 21.7. The molecular weight excluding hydrogens is 376 g/mol. The van der Waals surface area contributed by atoms with E-state index in [0.717, 1.165) is 45.4 Å². The van der Waals surface area contributed by atoms with Crippen LogP contribution < -0.4 is 0 Å². The molecule has 2 aliphatic rings. The molecule has 2 aromatic rings. The van der Waals surface area contributed by atoms with Crippen LogP contribution in [0.2, 0.25) is 0 Å². The van der Waals surface area contributed by atoms with Gasteiger partial charge in [0.2, 0.25) is 0 Å². The lowest BCUT2D eigenvalue weighted by Gasteiger charge is -2.47. The van der Waals surface area contributed by atoms with Gasteiger partial charge in [-0.1, -0.05) is 36.4 Å². The van der Waals surface area contributed by atoms with Crippen LogP contribution in [0, 0.1) is 5.92 Å². The van der Waals surface area contributed by atoms with Gasteiger partial charge in [-0.3, -0.25) is 4.79 Å². The van der Waals surface area contributed by atoms with Gasteiger partial charge in [0.05, 0.1) is 12.7 Å². The van der Waals surface area contributed by atoms with Crippen molar-refractivity contribution < 1.29 is 14.3 Å². The number of likely N-dealkylation sites (tertiary alicyclic amines) is 2. The maximum absolute atomic E-state index is 13.3. The number of carbonyl (C=O) groups excluding carboxylic acids is 2. The Morgan fingerprint density at radius 3 is 2.60 bits per heavy atom. The van der Waals surface area contributed by atoms with Crippen molar-refractivity contribution in [2.45, 2.75) is 31.7 Å². The molecule has 4 rings (SSSR count). The third kappa shape index (κ3) is 4.57. The summed E-state index contributed by atoms with van der Waals surface area (Å²) in [4.78, 5) is 29.7. The second-order valence-electron chi connectivity index (χ2n) is 8.37. The molecule has 2 atom stereocenters. The summed E-state index contributed by atoms with van der Waals surface area (Å²) in [7, 11) is 1.36. The average molecular weight is 407 g/mol. The van der Waals surface area contributed by atoms with Crippen LogP contribution in [-0.4, -0.2) is 61.0 Å². The van der Waals surface area contributed by atoms with E-state index in [-0.39, 0.29) is 5.91 Å². The first kappa shape index (κ1) is 20.6. The summed E-state index contributed by atoms with van der Waals surface area (Å²) in [5.74, 6) is 0.150. The largest absolute Gasteiger partial charge is 0.465 e. The van der Waals surface area contributed by atoms with Crippen LogP contribution in [0.3, 0.4) is 0 Å². The quantitative estimate of drug-likeness (QED) is 0.712. The first-order valence-electron chi connectivity index (χ1n) is 10.9. The van der Waals surface area contributed by atoms with Gasteiger partial charge in [-0.25, -0.2) is 4.79 Å². The topological polar surface area (TPSA) is 49.9 Å². The van der Waals surface area contributed by atoms with Crippen LogP contribution in [-0.2, 0) is 11.2 Å². The number of piperidine rings is 2. The highest BCUT2D eigenvalue weighted by Crippen LogP contribution is 2.32. The van der Waals surface area contributed by atoms with Crippen LogP contribution in [0.4, 0.5) is 0 Å². The summed E-state index contributed by atoms with van der Waals surface area (Å²) in [5, 5.41) is 0. The minimum absolute atomic E-state index is 0.0354. The Balaban J connectivity index is 1.40. The lowest BCUT2D eigenvalue weighted by atomic mass is 9.83. The molecule has 0 aromatic heterocycles. The number of benzene rings is 2. The summed E-state index contributed by atoms with van der Waals surface area (Å²) in [5.41, 5.74) is 2.38. The first-order valence-corrected chi connectivity index (χ1v) is 10.9. The zero-order valence-electron chi connectivity index (χ0n) is 17.6. The summed E-state index contributed by atoms with van der Waals surface area (Å²) >= 11 is 0. The number of nitrogens with zero attached hydrogens (tertiary/aromatic N) is 2. The van der Waals surface area contributed by atoms with E-state index in [2.05, 4.69) is 40.1 Å². The van der Waals surface area contributed by atoms with Crippen molar-refractivity contribution in [1.29, 1.82) is 0 Å². The van der Waals surface area contributed by atoms with E-state index in [4.69, 9.17) is 4.74 Å². The van der Waals surface area contributed by atoms with Crippen molar-refractivity contribution in [3.8, 4) is 0 Å². The second-order valence-corrected chi connectivity index (χ2v) is 8.37. The summed E-state index contributed by atoms with van der Waals surface area (Å²) < 4.78 is 4.80. The van der Waals surface area contributed by atoms with E-state index in [0.29, 0.717) is 23.1 Å². The van der Waals surface area contributed by atoms with Crippen molar-refractivity contribution in [3.63, 3.8) is 0 Å². The minimum atomic E-state index is -0.409. The second kappa shape index (κ2) is 9.43. The van der Waals surface area contributed by atoms with E-state index in [1.165, 1.54) is 19.1 Å². The first-order chi connectivity index (χ1) is 14.7. The lowest BCUT2D eigenvalue weighted by Crippen LogP contribution is -2.55. The van der Waals surface area contributed by atoms with Crippen LogP contribution in [0.5, 0.6) is 0 Å². The van der Waals surface area contributed by atoms with E-state index in [9.17, 15) is 9.59 Å². The molecule has 0 bridgehead atoms. The van der Waals surface area contributed by atoms with Gasteiger partial charge in [0.25, 0.3) is 5.91 Å². The number of esters is 1. The van der Waals surface area contributed by atoms with E-state index < -0.39 is 5.97 Å². The lowest BCUT2D eigenvalue weighted by molar-refractivity contribution is 0.0204. The van der Waals surface area contributed by atoms with Crippen molar-refractivity contribution in [3.05, 3.63) is 71.3 Å². The smallest absolute Gasteiger partial charge is 0.337 e. The molecule has 2 fully saturated rings. The Labute approximate surface area is 178 Å². The Bertz CT molecular complexity index is 883. The highest BCUT2D eigenvalue weighted by atomic mass is 16.5. The summed E-state index contributed by atoms with van der Waals surface area (Å²) in [6.07, 6.45) is 4.30. The Hall–Kier alpha value is -2.66. The van der Waals surface area contributed by atoms with Crippen LogP contribution in [0.25, 0.3) is 0 Å². The van der Waals surface area contributed by atoms with E-state index in [1.54, 1.807) is 24.3 Å². The zero-order chi connectivity index (χ0) is 20.9. The number of methoxy groups -OCH3 is 1. The van der Waals surface area contributed by atoms with Gasteiger partial charge in [0, 0.05) is 37.8 Å². The number of carbonyl (C=O) groups is 2. The van der Waals surface area contributed by atoms with Gasteiger partial charge >= 0.3 is 5.97 Å². The standard InChI is InChI=1S/C25H30N2O3/c1-30-25(29)21-10-5-9-20(17-21)24(28)27-14-6-11-22-18-26(16-13-23(22)27)15-12-19-7-3-2-4-8-19/h2-5,7-10,17,22-23H,6,11-16,18H2,1H3/t22-,23+/m1/s1. The summed E-state index contributed by atoms with van der Waals surface area (Å²) in [6.45, 7) is 3.96. The van der Waals surface area contributed by atoms with Gasteiger partial charge in [-0.15, -0.1) is 0 Å². The highest BCUT2D eigenvalue weighted by Gasteiger charge is 2.38. The SMILES string of the molecule is COC(=O)c1cccc(C(=O)N2CCC[C@@H]3CN(CCc4ccccc4)CC[C@@H]32)c1. The van der Waals surface area contributed by atoms with Crippen LogP contribution in [0.15, 0.2) is 54.6 Å². The molecule has 2 aliphatic heterocycles. The predicted molar refractivity (Wildman–Crippen MR) is 117 cm³/mol. The van der Waals surface area contributed by atoms with Crippen molar-refractivity contribution >= 4 is 11.9 Å². The molecule has 5 heteroatoms. The van der Waals surface area contributed by atoms with Gasteiger partial charge in [0.15, 0.2) is 0 Å². The molecule has 2 aromatic carbocycles. The maximum Gasteiger partial charge on any atom is 0.337 e. The Morgan fingerprint density at radius 2 is 1.80 bits per heavy atom. The molecule has 158 valence electrons. The van der Waals surface area contributed by atoms with Crippen molar-refractivity contribution in [2.24, 2.45) is 5.92 Å². The fourth-order valence-electron chi connectivity index (χ4n) is 4.93. The van der Waals surface area contributed by atoms with E-state index in [1.807, 2.05) is 0 Å². The van der Waals surface area contributed by atoms with Gasteiger partial charge in [0.1, 0.15) is 0 Å². The molecule has 0 saturated carbocycles. The number of amides is 1. The van der Waals surface area contributed by atoms with Gasteiger partial charge in [-0.2, -0.15) is 0 Å². The number of hydrogen-bond donors (Lipinski definition) is 0.